The Balaban J connectivity index is 1.88. The lowest BCUT2D eigenvalue weighted by Crippen LogP contribution is -2.19. The van der Waals surface area contributed by atoms with Gasteiger partial charge < -0.3 is 5.32 Å². The molecule has 4 heteroatoms. The predicted molar refractivity (Wildman–Crippen MR) is 69.6 cm³/mol. The predicted octanol–water partition coefficient (Wildman–Crippen LogP) is 3.36. The number of anilines is 1. The maximum absolute atomic E-state index is 6.01. The molecule has 1 fully saturated rings. The molecule has 1 N–H and O–H groups in total. The van der Waals surface area contributed by atoms with Crippen LogP contribution in [0, 0.1) is 0 Å². The highest BCUT2D eigenvalue weighted by atomic mass is 35.5. The van der Waals surface area contributed by atoms with Gasteiger partial charge in [-0.15, -0.1) is 0 Å². The van der Waals surface area contributed by atoms with E-state index in [0.717, 1.165) is 24.4 Å². The zero-order chi connectivity index (χ0) is 11.7. The molecular weight excluding hydrogens is 234 g/mol. The van der Waals surface area contributed by atoms with E-state index in [-0.39, 0.29) is 0 Å². The highest BCUT2D eigenvalue weighted by molar-refractivity contribution is 6.28. The van der Waals surface area contributed by atoms with Crippen molar-refractivity contribution in [2.24, 2.45) is 0 Å². The molecule has 1 aromatic heterocycles. The summed E-state index contributed by atoms with van der Waals surface area (Å²) >= 11 is 6.01. The smallest absolute Gasteiger partial charge is 0.224 e. The Bertz CT molecular complexity index is 413. The summed E-state index contributed by atoms with van der Waals surface area (Å²) in [6.07, 6.45) is 9.81. The van der Waals surface area contributed by atoms with Gasteiger partial charge in [-0.3, -0.25) is 0 Å². The number of hydrogen-bond donors (Lipinski definition) is 1. The molecule has 3 nitrogen and oxygen atoms in total. The van der Waals surface area contributed by atoms with Crippen molar-refractivity contribution in [3.8, 4) is 0 Å². The summed E-state index contributed by atoms with van der Waals surface area (Å²) in [5.74, 6) is 1.01. The van der Waals surface area contributed by atoms with Crippen molar-refractivity contribution >= 4 is 17.4 Å². The molecule has 2 aliphatic rings. The third-order valence-corrected chi connectivity index (χ3v) is 4.02. The number of aromatic nitrogens is 2. The van der Waals surface area contributed by atoms with E-state index >= 15 is 0 Å². The van der Waals surface area contributed by atoms with Crippen LogP contribution in [-0.4, -0.2) is 16.0 Å². The fraction of sp³-hybridized carbons (Fsp3) is 0.692. The molecule has 0 radical (unpaired) electrons. The first kappa shape index (κ1) is 11.3. The third-order valence-electron chi connectivity index (χ3n) is 3.85. The van der Waals surface area contributed by atoms with E-state index in [1.807, 2.05) is 0 Å². The van der Waals surface area contributed by atoms with Crippen LogP contribution in [0.3, 0.4) is 0 Å². The van der Waals surface area contributed by atoms with Gasteiger partial charge in [-0.2, -0.15) is 0 Å². The Labute approximate surface area is 107 Å². The summed E-state index contributed by atoms with van der Waals surface area (Å²) in [6, 6.07) is 0.590. The van der Waals surface area contributed by atoms with Crippen molar-refractivity contribution in [3.05, 3.63) is 16.5 Å². The summed E-state index contributed by atoms with van der Waals surface area (Å²) in [6.45, 7) is 0. The molecule has 0 spiro atoms. The second kappa shape index (κ2) is 4.81. The lowest BCUT2D eigenvalue weighted by Gasteiger charge is -2.21. The number of nitrogens with zero attached hydrogens (tertiary/aromatic N) is 2. The minimum Gasteiger partial charge on any atom is -0.367 e. The van der Waals surface area contributed by atoms with E-state index in [1.165, 1.54) is 44.1 Å². The first-order chi connectivity index (χ1) is 8.33. The highest BCUT2D eigenvalue weighted by Crippen LogP contribution is 2.29. The largest absolute Gasteiger partial charge is 0.367 e. The van der Waals surface area contributed by atoms with Crippen molar-refractivity contribution in [1.29, 1.82) is 0 Å². The van der Waals surface area contributed by atoms with Crippen LogP contribution < -0.4 is 5.32 Å². The quantitative estimate of drug-likeness (QED) is 0.819. The molecule has 0 atom stereocenters. The van der Waals surface area contributed by atoms with Crippen LogP contribution in [0.2, 0.25) is 5.28 Å². The van der Waals surface area contributed by atoms with E-state index in [2.05, 4.69) is 15.3 Å². The lowest BCUT2D eigenvalue weighted by molar-refractivity contribution is 0.658. The van der Waals surface area contributed by atoms with Crippen LogP contribution in [0.25, 0.3) is 0 Å². The normalized spacial score (nSPS) is 20.3. The maximum atomic E-state index is 6.01. The van der Waals surface area contributed by atoms with Crippen molar-refractivity contribution in [2.45, 2.75) is 57.4 Å². The molecule has 2 aliphatic carbocycles. The van der Waals surface area contributed by atoms with Crippen molar-refractivity contribution in [1.82, 2.24) is 9.97 Å². The van der Waals surface area contributed by atoms with E-state index in [1.54, 1.807) is 0 Å². The number of nitrogens with one attached hydrogen (secondary N) is 1. The van der Waals surface area contributed by atoms with E-state index in [0.29, 0.717) is 11.3 Å². The van der Waals surface area contributed by atoms with Gasteiger partial charge in [0, 0.05) is 11.6 Å². The molecule has 0 aromatic carbocycles. The summed E-state index contributed by atoms with van der Waals surface area (Å²) in [4.78, 5) is 8.76. The van der Waals surface area contributed by atoms with Crippen LogP contribution in [0.15, 0.2) is 0 Å². The van der Waals surface area contributed by atoms with Crippen LogP contribution in [0.5, 0.6) is 0 Å². The number of fused-ring (bicyclic) bond motifs is 1. The second-order valence-electron chi connectivity index (χ2n) is 5.10. The van der Waals surface area contributed by atoms with Gasteiger partial charge in [-0.25, -0.2) is 9.97 Å². The average molecular weight is 252 g/mol. The Morgan fingerprint density at radius 1 is 1.00 bits per heavy atom. The fourth-order valence-electron chi connectivity index (χ4n) is 2.95. The monoisotopic (exact) mass is 251 g/mol. The third kappa shape index (κ3) is 2.39. The average Bonchev–Trinajstić information content (AvgIpc) is 2.81. The topological polar surface area (TPSA) is 37.8 Å². The molecule has 0 bridgehead atoms. The maximum Gasteiger partial charge on any atom is 0.224 e. The fourth-order valence-corrected chi connectivity index (χ4v) is 3.13. The number of aryl methyl sites for hydroxylation is 1. The van der Waals surface area contributed by atoms with Crippen molar-refractivity contribution < 1.29 is 0 Å². The van der Waals surface area contributed by atoms with Crippen molar-refractivity contribution in [3.63, 3.8) is 0 Å². The van der Waals surface area contributed by atoms with Crippen LogP contribution in [0.1, 0.15) is 49.8 Å². The van der Waals surface area contributed by atoms with E-state index < -0.39 is 0 Å². The minimum absolute atomic E-state index is 0.395. The van der Waals surface area contributed by atoms with E-state index in [9.17, 15) is 0 Å². The van der Waals surface area contributed by atoms with E-state index in [4.69, 9.17) is 11.6 Å². The summed E-state index contributed by atoms with van der Waals surface area (Å²) in [7, 11) is 0. The van der Waals surface area contributed by atoms with Gasteiger partial charge in [-0.05, 0) is 50.1 Å². The highest BCUT2D eigenvalue weighted by Gasteiger charge is 2.21. The molecular formula is C13H18ClN3. The molecule has 92 valence electrons. The van der Waals surface area contributed by atoms with Gasteiger partial charge in [0.15, 0.2) is 0 Å². The SMILES string of the molecule is Clc1nc2c(c(NC3CCCC3)n1)CCCC2. The first-order valence-electron chi connectivity index (χ1n) is 6.65. The van der Waals surface area contributed by atoms with Crippen LogP contribution >= 0.6 is 11.6 Å². The summed E-state index contributed by atoms with van der Waals surface area (Å²) < 4.78 is 0. The molecule has 1 saturated carbocycles. The standard InChI is InChI=1S/C13H18ClN3/c14-13-16-11-8-4-3-7-10(11)12(17-13)15-9-5-1-2-6-9/h9H,1-8H2,(H,15,16,17). The zero-order valence-corrected chi connectivity index (χ0v) is 10.8. The Morgan fingerprint density at radius 3 is 2.59 bits per heavy atom. The van der Waals surface area contributed by atoms with Crippen LogP contribution in [0.4, 0.5) is 5.82 Å². The summed E-state index contributed by atoms with van der Waals surface area (Å²) in [5.41, 5.74) is 2.48. The van der Waals surface area contributed by atoms with Gasteiger partial charge in [0.1, 0.15) is 5.82 Å². The Morgan fingerprint density at radius 2 is 1.76 bits per heavy atom. The second-order valence-corrected chi connectivity index (χ2v) is 5.44. The molecule has 0 unspecified atom stereocenters. The molecule has 1 heterocycles. The molecule has 0 saturated heterocycles. The number of rotatable bonds is 2. The van der Waals surface area contributed by atoms with Gasteiger partial charge >= 0.3 is 0 Å². The molecule has 3 rings (SSSR count). The molecule has 17 heavy (non-hydrogen) atoms. The molecule has 0 aliphatic heterocycles. The zero-order valence-electron chi connectivity index (χ0n) is 10.0. The van der Waals surface area contributed by atoms with Gasteiger partial charge in [-0.1, -0.05) is 12.8 Å². The van der Waals surface area contributed by atoms with Gasteiger partial charge in [0.2, 0.25) is 5.28 Å². The minimum atomic E-state index is 0.395. The van der Waals surface area contributed by atoms with Gasteiger partial charge in [0.05, 0.1) is 5.69 Å². The molecule has 0 amide bonds. The van der Waals surface area contributed by atoms with Crippen LogP contribution in [-0.2, 0) is 12.8 Å². The number of hydrogen-bond acceptors (Lipinski definition) is 3. The first-order valence-corrected chi connectivity index (χ1v) is 7.02. The Kier molecular flexibility index (Phi) is 3.19. The lowest BCUT2D eigenvalue weighted by atomic mass is 9.96. The van der Waals surface area contributed by atoms with Gasteiger partial charge in [0.25, 0.3) is 0 Å². The Hall–Kier alpha value is -0.830. The summed E-state index contributed by atoms with van der Waals surface area (Å²) in [5, 5.41) is 3.97. The number of halogens is 1. The molecule has 1 aromatic rings. The van der Waals surface area contributed by atoms with Crippen molar-refractivity contribution in [2.75, 3.05) is 5.32 Å².